The molecule has 0 aliphatic rings. The first kappa shape index (κ1) is 17.7. The van der Waals surface area contributed by atoms with E-state index in [0.717, 1.165) is 26.4 Å². The van der Waals surface area contributed by atoms with Crippen molar-refractivity contribution in [3.63, 3.8) is 0 Å². The van der Waals surface area contributed by atoms with Gasteiger partial charge < -0.3 is 14.6 Å². The van der Waals surface area contributed by atoms with Crippen molar-refractivity contribution in [3.8, 4) is 0 Å². The molecule has 0 amide bonds. The van der Waals surface area contributed by atoms with Crippen molar-refractivity contribution in [1.29, 1.82) is 0 Å². The van der Waals surface area contributed by atoms with Gasteiger partial charge in [-0.25, -0.2) is 4.79 Å². The zero-order chi connectivity index (χ0) is 15.5. The zero-order valence-electron chi connectivity index (χ0n) is 13.0. The van der Waals surface area contributed by atoms with E-state index in [0.29, 0.717) is 5.56 Å². The van der Waals surface area contributed by atoms with Crippen molar-refractivity contribution >= 4 is 13.2 Å². The van der Waals surface area contributed by atoms with E-state index in [-0.39, 0.29) is 31.3 Å². The Morgan fingerprint density at radius 3 is 2.57 bits per heavy atom. The molecule has 0 heterocycles. The van der Waals surface area contributed by atoms with Gasteiger partial charge in [0.2, 0.25) is 0 Å². The lowest BCUT2D eigenvalue weighted by Crippen LogP contribution is -2.33. The minimum atomic E-state index is -0.335. The first-order valence-corrected chi connectivity index (χ1v) is 7.69. The number of rotatable bonds is 10. The highest BCUT2D eigenvalue weighted by Crippen LogP contribution is 2.07. The van der Waals surface area contributed by atoms with Gasteiger partial charge >= 0.3 is 5.97 Å². The number of esters is 1. The summed E-state index contributed by atoms with van der Waals surface area (Å²) in [5.41, 5.74) is 0.543. The highest BCUT2D eigenvalue weighted by atomic mass is 16.6. The Bertz CT molecular complexity index is 393. The van der Waals surface area contributed by atoms with E-state index in [1.165, 1.54) is 0 Å². The predicted molar refractivity (Wildman–Crippen MR) is 85.0 cm³/mol. The van der Waals surface area contributed by atoms with E-state index in [4.69, 9.17) is 9.47 Å². The lowest BCUT2D eigenvalue weighted by molar-refractivity contribution is -0.0344. The van der Waals surface area contributed by atoms with Gasteiger partial charge in [-0.15, -0.1) is 0 Å². The first-order chi connectivity index (χ1) is 10.2. The third-order valence-electron chi connectivity index (χ3n) is 3.33. The zero-order valence-corrected chi connectivity index (χ0v) is 13.0. The Kier molecular flexibility index (Phi) is 8.79. The van der Waals surface area contributed by atoms with Crippen LogP contribution in [0.2, 0.25) is 6.32 Å². The summed E-state index contributed by atoms with van der Waals surface area (Å²) in [4.78, 5) is 11.9. The number of carbonyl (C=O) groups is 1. The van der Waals surface area contributed by atoms with Gasteiger partial charge in [0.05, 0.1) is 24.3 Å². The summed E-state index contributed by atoms with van der Waals surface area (Å²) in [6, 6.07) is 8.77. The van der Waals surface area contributed by atoms with Gasteiger partial charge in [0.25, 0.3) is 0 Å². The highest BCUT2D eigenvalue weighted by Gasteiger charge is 2.18. The maximum atomic E-state index is 11.9. The SMILES string of the molecule is CCCB[C@@H](COC(=O)c1ccccc1)O[C@H](CC)CO. The molecule has 0 aliphatic carbocycles. The summed E-state index contributed by atoms with van der Waals surface area (Å²) >= 11 is 0. The van der Waals surface area contributed by atoms with Gasteiger partial charge in [0.1, 0.15) is 6.61 Å². The summed E-state index contributed by atoms with van der Waals surface area (Å²) < 4.78 is 11.1. The third-order valence-corrected chi connectivity index (χ3v) is 3.33. The van der Waals surface area contributed by atoms with Crippen LogP contribution in [0.1, 0.15) is 37.0 Å². The monoisotopic (exact) mass is 292 g/mol. The van der Waals surface area contributed by atoms with Gasteiger partial charge in [-0.2, -0.15) is 0 Å². The minimum absolute atomic E-state index is 0.00818. The van der Waals surface area contributed by atoms with E-state index in [2.05, 4.69) is 6.92 Å². The van der Waals surface area contributed by atoms with Crippen molar-refractivity contribution in [1.82, 2.24) is 0 Å². The number of hydrogen-bond acceptors (Lipinski definition) is 4. The van der Waals surface area contributed by atoms with E-state index in [9.17, 15) is 9.90 Å². The van der Waals surface area contributed by atoms with Crippen molar-refractivity contribution in [2.24, 2.45) is 0 Å². The molecular weight excluding hydrogens is 267 g/mol. The molecule has 1 rings (SSSR count). The third kappa shape index (κ3) is 6.78. The molecule has 0 aromatic heterocycles. The first-order valence-electron chi connectivity index (χ1n) is 7.69. The quantitative estimate of drug-likeness (QED) is 0.530. The molecule has 0 spiro atoms. The van der Waals surface area contributed by atoms with E-state index >= 15 is 0 Å². The van der Waals surface area contributed by atoms with Gasteiger partial charge in [-0.1, -0.05) is 44.8 Å². The second-order valence-electron chi connectivity index (χ2n) is 5.08. The van der Waals surface area contributed by atoms with Crippen LogP contribution in [0.3, 0.4) is 0 Å². The smallest absolute Gasteiger partial charge is 0.338 e. The normalized spacial score (nSPS) is 13.5. The summed E-state index contributed by atoms with van der Waals surface area (Å²) in [6.07, 6.45) is 2.62. The van der Waals surface area contributed by atoms with Crippen LogP contribution in [0.5, 0.6) is 0 Å². The summed E-state index contributed by atoms with van der Waals surface area (Å²) in [5, 5.41) is 9.22. The predicted octanol–water partition coefficient (Wildman–Crippen LogP) is 2.22. The average Bonchev–Trinajstić information content (AvgIpc) is 2.54. The Balaban J connectivity index is 2.50. The Morgan fingerprint density at radius 1 is 1.29 bits per heavy atom. The second-order valence-corrected chi connectivity index (χ2v) is 5.08. The molecule has 2 atom stereocenters. The molecule has 0 unspecified atom stereocenters. The second kappa shape index (κ2) is 10.4. The molecule has 4 nitrogen and oxygen atoms in total. The standard InChI is InChI=1S/C16H25BO4/c1-3-10-17-15(21-14(4-2)11-18)12-20-16(19)13-8-6-5-7-9-13/h5-9,14-15,17-18H,3-4,10-12H2,1-2H3/t14-,15-/m1/s1. The molecule has 0 aliphatic heterocycles. The molecule has 0 fully saturated rings. The van der Waals surface area contributed by atoms with Crippen LogP contribution < -0.4 is 0 Å². The Labute approximate surface area is 127 Å². The number of ether oxygens (including phenoxy) is 2. The summed E-state index contributed by atoms with van der Waals surface area (Å²) in [7, 11) is 0.828. The lowest BCUT2D eigenvalue weighted by Gasteiger charge is -2.22. The van der Waals surface area contributed by atoms with Crippen LogP contribution in [0.25, 0.3) is 0 Å². The van der Waals surface area contributed by atoms with Crippen LogP contribution in [0.4, 0.5) is 0 Å². The Hall–Kier alpha value is -1.33. The molecule has 5 heteroatoms. The minimum Gasteiger partial charge on any atom is -0.460 e. The summed E-state index contributed by atoms with van der Waals surface area (Å²) in [6.45, 7) is 4.29. The molecule has 1 aromatic carbocycles. The number of benzene rings is 1. The fraction of sp³-hybridized carbons (Fsp3) is 0.562. The van der Waals surface area contributed by atoms with Crippen LogP contribution in [0.15, 0.2) is 30.3 Å². The van der Waals surface area contributed by atoms with Crippen LogP contribution >= 0.6 is 0 Å². The molecule has 1 aromatic rings. The highest BCUT2D eigenvalue weighted by molar-refractivity contribution is 6.37. The molecule has 0 radical (unpaired) electrons. The van der Waals surface area contributed by atoms with Crippen LogP contribution in [-0.2, 0) is 9.47 Å². The fourth-order valence-electron chi connectivity index (χ4n) is 1.99. The number of carbonyl (C=O) groups excluding carboxylic acids is 1. The van der Waals surface area contributed by atoms with Crippen molar-refractivity contribution < 1.29 is 19.4 Å². The van der Waals surface area contributed by atoms with Gasteiger partial charge in [-0.3, -0.25) is 0 Å². The lowest BCUT2D eigenvalue weighted by atomic mass is 9.67. The molecule has 0 saturated heterocycles. The number of aliphatic hydroxyl groups is 1. The maximum Gasteiger partial charge on any atom is 0.338 e. The molecular formula is C16H25BO4. The largest absolute Gasteiger partial charge is 0.460 e. The molecule has 21 heavy (non-hydrogen) atoms. The summed E-state index contributed by atoms with van der Waals surface area (Å²) in [5.74, 6) is -0.335. The van der Waals surface area contributed by atoms with Crippen molar-refractivity contribution in [3.05, 3.63) is 35.9 Å². The fourth-order valence-corrected chi connectivity index (χ4v) is 1.99. The molecule has 116 valence electrons. The average molecular weight is 292 g/mol. The van der Waals surface area contributed by atoms with Gasteiger partial charge in [0.15, 0.2) is 7.28 Å². The topological polar surface area (TPSA) is 55.8 Å². The van der Waals surface area contributed by atoms with Gasteiger partial charge in [0, 0.05) is 0 Å². The number of aliphatic hydroxyl groups excluding tert-OH is 1. The van der Waals surface area contributed by atoms with Crippen LogP contribution in [-0.4, -0.2) is 43.7 Å². The van der Waals surface area contributed by atoms with E-state index in [1.54, 1.807) is 24.3 Å². The van der Waals surface area contributed by atoms with Crippen molar-refractivity contribution in [2.45, 2.75) is 45.1 Å². The molecule has 1 N–H and O–H groups in total. The van der Waals surface area contributed by atoms with E-state index < -0.39 is 0 Å². The van der Waals surface area contributed by atoms with Gasteiger partial charge in [-0.05, 0) is 18.6 Å². The number of hydrogen-bond donors (Lipinski definition) is 1. The molecule has 0 saturated carbocycles. The van der Waals surface area contributed by atoms with E-state index in [1.807, 2.05) is 13.0 Å². The maximum absolute atomic E-state index is 11.9. The Morgan fingerprint density at radius 2 is 2.00 bits per heavy atom. The van der Waals surface area contributed by atoms with Crippen molar-refractivity contribution in [2.75, 3.05) is 13.2 Å². The van der Waals surface area contributed by atoms with Crippen LogP contribution in [0, 0.1) is 0 Å². The molecule has 0 bridgehead atoms.